The Labute approximate surface area is 290 Å². The molecule has 2 aliphatic rings. The third kappa shape index (κ3) is 4.30. The molecule has 0 N–H and O–H groups in total. The first-order chi connectivity index (χ1) is 24.7. The van der Waals surface area contributed by atoms with Crippen molar-refractivity contribution >= 4 is 66.5 Å². The summed E-state index contributed by atoms with van der Waals surface area (Å²) in [6, 6.07) is 47.1. The van der Waals surface area contributed by atoms with Gasteiger partial charge in [-0.05, 0) is 53.1 Å². The standard InChI is InChI=1S/C47H33NO2/c1-47-29-10-9-16-33(47)17-11-21-38(47)32-27-28-34(31-14-3-2-4-15-31)41(30-32)48(39-22-13-26-44-45(39)37-19-6-8-25-43(37)49-44)40-23-12-20-36-35-18-5-7-24-42(35)50-46(36)40/h2-30,33H,1H3. The van der Waals surface area contributed by atoms with Crippen molar-refractivity contribution in [3.8, 4) is 11.1 Å². The number of para-hydroxylation sites is 3. The highest BCUT2D eigenvalue weighted by atomic mass is 16.3. The van der Waals surface area contributed by atoms with E-state index in [2.05, 4.69) is 170 Å². The maximum atomic E-state index is 6.77. The van der Waals surface area contributed by atoms with Crippen molar-refractivity contribution in [2.24, 2.45) is 11.3 Å². The first-order valence-electron chi connectivity index (χ1n) is 17.2. The molecule has 10 rings (SSSR count). The largest absolute Gasteiger partial charge is 0.456 e. The maximum absolute atomic E-state index is 6.77. The number of nitrogens with zero attached hydrogens (tertiary/aromatic N) is 1. The molecule has 3 heteroatoms. The summed E-state index contributed by atoms with van der Waals surface area (Å²) in [5.74, 6) is 0.288. The normalized spacial score (nSPS) is 18.3. The van der Waals surface area contributed by atoms with Crippen molar-refractivity contribution in [1.29, 1.82) is 0 Å². The van der Waals surface area contributed by atoms with Gasteiger partial charge in [0, 0.05) is 33.1 Å². The molecule has 8 aromatic rings. The van der Waals surface area contributed by atoms with Crippen LogP contribution in [-0.4, -0.2) is 0 Å². The molecule has 3 nitrogen and oxygen atoms in total. The van der Waals surface area contributed by atoms with Crippen molar-refractivity contribution < 1.29 is 8.83 Å². The molecule has 2 atom stereocenters. The Morgan fingerprint density at radius 1 is 0.540 bits per heavy atom. The van der Waals surface area contributed by atoms with Crippen LogP contribution in [0.4, 0.5) is 17.1 Å². The van der Waals surface area contributed by atoms with Gasteiger partial charge >= 0.3 is 0 Å². The van der Waals surface area contributed by atoms with Crippen LogP contribution in [0.3, 0.4) is 0 Å². The summed E-state index contributed by atoms with van der Waals surface area (Å²) in [5, 5.41) is 4.32. The minimum absolute atomic E-state index is 0.167. The zero-order chi connectivity index (χ0) is 33.2. The summed E-state index contributed by atoms with van der Waals surface area (Å²) >= 11 is 0. The molecule has 0 aliphatic heterocycles. The summed E-state index contributed by atoms with van der Waals surface area (Å²) in [4.78, 5) is 2.40. The average molecular weight is 644 g/mol. The average Bonchev–Trinajstić information content (AvgIpc) is 3.74. The molecule has 0 saturated carbocycles. The van der Waals surface area contributed by atoms with E-state index in [4.69, 9.17) is 8.83 Å². The van der Waals surface area contributed by atoms with Gasteiger partial charge in [0.2, 0.25) is 0 Å². The molecule has 2 aliphatic carbocycles. The minimum atomic E-state index is -0.167. The topological polar surface area (TPSA) is 29.5 Å². The second kappa shape index (κ2) is 11.1. The Bertz CT molecular complexity index is 2740. The second-order valence-electron chi connectivity index (χ2n) is 13.5. The van der Waals surface area contributed by atoms with Crippen molar-refractivity contribution in [2.45, 2.75) is 6.92 Å². The molecule has 0 amide bonds. The fraction of sp³-hybridized carbons (Fsp3) is 0.0638. The third-order valence-corrected chi connectivity index (χ3v) is 10.6. The summed E-state index contributed by atoms with van der Waals surface area (Å²) < 4.78 is 13.2. The van der Waals surface area contributed by atoms with Crippen LogP contribution in [0.15, 0.2) is 185 Å². The number of hydrogen-bond donors (Lipinski definition) is 0. The molecular weight excluding hydrogens is 611 g/mol. The van der Waals surface area contributed by atoms with E-state index in [1.807, 2.05) is 18.2 Å². The van der Waals surface area contributed by atoms with E-state index in [9.17, 15) is 0 Å². The van der Waals surface area contributed by atoms with Gasteiger partial charge in [0.25, 0.3) is 0 Å². The molecule has 2 heterocycles. The first kappa shape index (κ1) is 28.7. The molecule has 238 valence electrons. The van der Waals surface area contributed by atoms with Gasteiger partial charge in [0.1, 0.15) is 16.7 Å². The van der Waals surface area contributed by atoms with Crippen molar-refractivity contribution in [2.75, 3.05) is 4.90 Å². The van der Waals surface area contributed by atoms with E-state index in [0.29, 0.717) is 0 Å². The van der Waals surface area contributed by atoms with Gasteiger partial charge < -0.3 is 13.7 Å². The zero-order valence-corrected chi connectivity index (χ0v) is 27.6. The van der Waals surface area contributed by atoms with E-state index in [-0.39, 0.29) is 11.3 Å². The Kier molecular flexibility index (Phi) is 6.37. The van der Waals surface area contributed by atoms with Crippen LogP contribution in [0.25, 0.3) is 60.6 Å². The van der Waals surface area contributed by atoms with E-state index >= 15 is 0 Å². The van der Waals surface area contributed by atoms with E-state index in [1.54, 1.807) is 0 Å². The molecule has 0 fully saturated rings. The highest BCUT2D eigenvalue weighted by molar-refractivity contribution is 6.16. The van der Waals surface area contributed by atoms with Gasteiger partial charge in [-0.2, -0.15) is 0 Å². The number of furan rings is 2. The molecule has 0 bridgehead atoms. The number of rotatable bonds is 5. The predicted octanol–water partition coefficient (Wildman–Crippen LogP) is 13.3. The van der Waals surface area contributed by atoms with Crippen molar-refractivity contribution in [3.63, 3.8) is 0 Å². The molecule has 0 saturated heterocycles. The monoisotopic (exact) mass is 643 g/mol. The lowest BCUT2D eigenvalue weighted by Crippen LogP contribution is -2.27. The summed E-state index contributed by atoms with van der Waals surface area (Å²) in [6.07, 6.45) is 15.8. The fourth-order valence-corrected chi connectivity index (χ4v) is 8.13. The fourth-order valence-electron chi connectivity index (χ4n) is 8.13. The molecule has 2 aromatic heterocycles. The smallest absolute Gasteiger partial charge is 0.159 e. The zero-order valence-electron chi connectivity index (χ0n) is 27.6. The van der Waals surface area contributed by atoms with E-state index < -0.39 is 0 Å². The lowest BCUT2D eigenvalue weighted by atomic mass is 9.65. The predicted molar refractivity (Wildman–Crippen MR) is 208 cm³/mol. The highest BCUT2D eigenvalue weighted by Gasteiger charge is 2.36. The quantitative estimate of drug-likeness (QED) is 0.187. The van der Waals surface area contributed by atoms with Crippen molar-refractivity contribution in [1.82, 2.24) is 0 Å². The molecule has 0 spiro atoms. The molecular formula is C47H33NO2. The molecule has 50 heavy (non-hydrogen) atoms. The summed E-state index contributed by atoms with van der Waals surface area (Å²) in [5.41, 5.74) is 11.0. The van der Waals surface area contributed by atoms with Crippen LogP contribution in [0.1, 0.15) is 12.5 Å². The Morgan fingerprint density at radius 3 is 2.12 bits per heavy atom. The van der Waals surface area contributed by atoms with Crippen LogP contribution >= 0.6 is 0 Å². The van der Waals surface area contributed by atoms with E-state index in [0.717, 1.165) is 72.1 Å². The maximum Gasteiger partial charge on any atom is 0.159 e. The number of fused-ring (bicyclic) bond motifs is 7. The van der Waals surface area contributed by atoms with Crippen LogP contribution in [0, 0.1) is 11.3 Å². The van der Waals surface area contributed by atoms with Crippen LogP contribution in [0.5, 0.6) is 0 Å². The molecule has 0 radical (unpaired) electrons. The summed E-state index contributed by atoms with van der Waals surface area (Å²) in [7, 11) is 0. The van der Waals surface area contributed by atoms with Crippen LogP contribution in [0.2, 0.25) is 0 Å². The first-order valence-corrected chi connectivity index (χ1v) is 17.2. The molecule has 2 unspecified atom stereocenters. The summed E-state index contributed by atoms with van der Waals surface area (Å²) in [6.45, 7) is 2.35. The number of hydrogen-bond acceptors (Lipinski definition) is 3. The Hall–Kier alpha value is -6.32. The Balaban J connectivity index is 1.32. The third-order valence-electron chi connectivity index (χ3n) is 10.6. The van der Waals surface area contributed by atoms with Gasteiger partial charge in [-0.3, -0.25) is 0 Å². The number of anilines is 3. The van der Waals surface area contributed by atoms with Gasteiger partial charge in [-0.15, -0.1) is 0 Å². The second-order valence-corrected chi connectivity index (χ2v) is 13.5. The van der Waals surface area contributed by atoms with Crippen LogP contribution < -0.4 is 4.90 Å². The van der Waals surface area contributed by atoms with Gasteiger partial charge in [-0.25, -0.2) is 0 Å². The van der Waals surface area contributed by atoms with E-state index in [1.165, 1.54) is 11.1 Å². The van der Waals surface area contributed by atoms with Crippen molar-refractivity contribution in [3.05, 3.63) is 182 Å². The van der Waals surface area contributed by atoms with Gasteiger partial charge in [0.05, 0.1) is 22.4 Å². The number of allylic oxidation sites excluding steroid dienone is 8. The Morgan fingerprint density at radius 2 is 1.24 bits per heavy atom. The van der Waals surface area contributed by atoms with Crippen LogP contribution in [-0.2, 0) is 0 Å². The minimum Gasteiger partial charge on any atom is -0.456 e. The highest BCUT2D eigenvalue weighted by Crippen LogP contribution is 2.52. The van der Waals surface area contributed by atoms with Gasteiger partial charge in [0.15, 0.2) is 5.58 Å². The SMILES string of the molecule is CC12C=CC=CC1C=CC=C2c1ccc(-c2ccccc2)c(N(c2cccc3c2oc2ccccc23)c2cccc3oc4ccccc4c23)c1. The van der Waals surface area contributed by atoms with Gasteiger partial charge in [-0.1, -0.05) is 147 Å². The molecule has 6 aromatic carbocycles. The number of benzene rings is 6. The lowest BCUT2D eigenvalue weighted by Gasteiger charge is -2.39. The lowest BCUT2D eigenvalue weighted by molar-refractivity contribution is 0.471.